The number of nitrogens with one attached hydrogen (secondary N) is 2. The molecule has 1 aliphatic rings. The number of likely N-dealkylation sites (tertiary alicyclic amines) is 1. The van der Waals surface area contributed by atoms with Crippen molar-refractivity contribution in [3.05, 3.63) is 60.2 Å². The van der Waals surface area contributed by atoms with Gasteiger partial charge in [-0.15, -0.1) is 0 Å². The number of rotatable bonds is 5. The van der Waals surface area contributed by atoms with Gasteiger partial charge in [0, 0.05) is 29.9 Å². The molecule has 0 saturated carbocycles. The zero-order valence-electron chi connectivity index (χ0n) is 16.0. The van der Waals surface area contributed by atoms with Crippen LogP contribution in [0.3, 0.4) is 0 Å². The molecule has 6 heteroatoms. The second-order valence-electron chi connectivity index (χ2n) is 7.49. The number of H-pyrrole nitrogens is 1. The number of amides is 2. The number of carbonyl (C=O) groups is 2. The topological polar surface area (TPSA) is 78.3 Å². The Bertz CT molecular complexity index is 919. The van der Waals surface area contributed by atoms with Gasteiger partial charge in [0.15, 0.2) is 0 Å². The van der Waals surface area contributed by atoms with E-state index in [1.54, 1.807) is 6.26 Å². The monoisotopic (exact) mass is 379 g/mol. The van der Waals surface area contributed by atoms with E-state index in [9.17, 15) is 9.59 Å². The molecule has 28 heavy (non-hydrogen) atoms. The molecule has 1 aliphatic heterocycles. The molecule has 6 nitrogen and oxygen atoms in total. The molecule has 2 N–H and O–H groups in total. The van der Waals surface area contributed by atoms with Crippen molar-refractivity contribution in [1.82, 2.24) is 15.2 Å². The summed E-state index contributed by atoms with van der Waals surface area (Å²) in [6.07, 6.45) is 3.27. The number of para-hydroxylation sites is 1. The first kappa shape index (κ1) is 18.3. The number of piperidine rings is 1. The molecule has 0 unspecified atom stereocenters. The Hall–Kier alpha value is -3.02. The Morgan fingerprint density at radius 3 is 2.71 bits per heavy atom. The highest BCUT2D eigenvalue weighted by Crippen LogP contribution is 2.26. The summed E-state index contributed by atoms with van der Waals surface area (Å²) in [4.78, 5) is 30.3. The van der Waals surface area contributed by atoms with Crippen molar-refractivity contribution in [3.8, 4) is 0 Å². The Kier molecular flexibility index (Phi) is 5.19. The molecule has 1 atom stereocenters. The van der Waals surface area contributed by atoms with Gasteiger partial charge in [-0.3, -0.25) is 9.59 Å². The molecule has 3 aromatic rings. The van der Waals surface area contributed by atoms with E-state index in [0.29, 0.717) is 25.3 Å². The number of aromatic nitrogens is 1. The van der Waals surface area contributed by atoms with E-state index in [0.717, 1.165) is 29.5 Å². The van der Waals surface area contributed by atoms with Gasteiger partial charge in [0.1, 0.15) is 11.5 Å². The molecule has 4 rings (SSSR count). The van der Waals surface area contributed by atoms with Crippen LogP contribution in [0.1, 0.15) is 36.0 Å². The number of benzene rings is 1. The third kappa shape index (κ3) is 3.81. The number of carbonyl (C=O) groups excluding carboxylic acids is 2. The molecule has 0 aliphatic carbocycles. The fraction of sp³-hybridized carbons (Fsp3) is 0.364. The van der Waals surface area contributed by atoms with Crippen LogP contribution in [-0.4, -0.2) is 34.8 Å². The summed E-state index contributed by atoms with van der Waals surface area (Å²) < 4.78 is 5.25. The minimum atomic E-state index is -0.0831. The van der Waals surface area contributed by atoms with Crippen LogP contribution in [0.15, 0.2) is 53.1 Å². The Labute approximate surface area is 163 Å². The number of hydrogen-bond acceptors (Lipinski definition) is 3. The van der Waals surface area contributed by atoms with E-state index in [4.69, 9.17) is 4.42 Å². The van der Waals surface area contributed by atoms with Crippen molar-refractivity contribution in [2.75, 3.05) is 13.1 Å². The smallest absolute Gasteiger partial charge is 0.270 e. The molecule has 0 bridgehead atoms. The highest BCUT2D eigenvalue weighted by Gasteiger charge is 2.30. The fourth-order valence-corrected chi connectivity index (χ4v) is 3.92. The third-order valence-corrected chi connectivity index (χ3v) is 5.72. The average molecular weight is 379 g/mol. The molecule has 2 aromatic heterocycles. The first-order valence-electron chi connectivity index (χ1n) is 9.79. The van der Waals surface area contributed by atoms with Crippen LogP contribution in [0.25, 0.3) is 10.9 Å². The van der Waals surface area contributed by atoms with Gasteiger partial charge in [0.05, 0.1) is 12.8 Å². The van der Waals surface area contributed by atoms with Crippen LogP contribution < -0.4 is 5.32 Å². The highest BCUT2D eigenvalue weighted by atomic mass is 16.3. The Balaban J connectivity index is 1.30. The molecule has 2 amide bonds. The lowest BCUT2D eigenvalue weighted by Gasteiger charge is -2.34. The Morgan fingerprint density at radius 2 is 2.00 bits per heavy atom. The predicted molar refractivity (Wildman–Crippen MR) is 107 cm³/mol. The minimum absolute atomic E-state index is 0.0320. The van der Waals surface area contributed by atoms with Crippen LogP contribution in [0, 0.1) is 11.8 Å². The summed E-state index contributed by atoms with van der Waals surface area (Å²) in [6.45, 7) is 3.73. The van der Waals surface area contributed by atoms with Gasteiger partial charge in [-0.05, 0) is 43.0 Å². The van der Waals surface area contributed by atoms with E-state index in [2.05, 4.69) is 10.3 Å². The molecule has 3 heterocycles. The van der Waals surface area contributed by atoms with Gasteiger partial charge in [-0.1, -0.05) is 25.1 Å². The van der Waals surface area contributed by atoms with Crippen LogP contribution in [-0.2, 0) is 11.3 Å². The SMILES string of the molecule is C[C@@H](C(=O)NCc1ccco1)C1CCN(C(=O)c2cc3ccccc3[nH]2)CC1. The zero-order chi connectivity index (χ0) is 19.5. The molecule has 1 fully saturated rings. The first-order valence-corrected chi connectivity index (χ1v) is 9.79. The van der Waals surface area contributed by atoms with E-state index >= 15 is 0 Å². The van der Waals surface area contributed by atoms with Crippen molar-refractivity contribution in [1.29, 1.82) is 0 Å². The van der Waals surface area contributed by atoms with Crippen LogP contribution in [0.2, 0.25) is 0 Å². The lowest BCUT2D eigenvalue weighted by molar-refractivity contribution is -0.126. The summed E-state index contributed by atoms with van der Waals surface area (Å²) in [5.74, 6) is 1.02. The van der Waals surface area contributed by atoms with Crippen molar-refractivity contribution in [3.63, 3.8) is 0 Å². The van der Waals surface area contributed by atoms with E-state index < -0.39 is 0 Å². The first-order chi connectivity index (χ1) is 13.6. The van der Waals surface area contributed by atoms with E-state index in [1.165, 1.54) is 0 Å². The Morgan fingerprint density at radius 1 is 1.21 bits per heavy atom. The van der Waals surface area contributed by atoms with Crippen molar-refractivity contribution in [2.45, 2.75) is 26.3 Å². The number of furan rings is 1. The van der Waals surface area contributed by atoms with Gasteiger partial charge in [-0.25, -0.2) is 0 Å². The van der Waals surface area contributed by atoms with Gasteiger partial charge >= 0.3 is 0 Å². The molecule has 1 saturated heterocycles. The van der Waals surface area contributed by atoms with E-state index in [-0.39, 0.29) is 23.7 Å². The standard InChI is InChI=1S/C22H25N3O3/c1-15(21(26)23-14-18-6-4-12-28-18)16-8-10-25(11-9-16)22(27)20-13-17-5-2-3-7-19(17)24-20/h2-7,12-13,15-16,24H,8-11,14H2,1H3,(H,23,26)/t15-/m1/s1. The normalized spacial score (nSPS) is 16.2. The van der Waals surface area contributed by atoms with Gasteiger partial charge in [0.2, 0.25) is 5.91 Å². The number of nitrogens with zero attached hydrogens (tertiary/aromatic N) is 1. The number of fused-ring (bicyclic) bond motifs is 1. The molecule has 0 radical (unpaired) electrons. The summed E-state index contributed by atoms with van der Waals surface area (Å²) in [6, 6.07) is 13.5. The molecular formula is C22H25N3O3. The van der Waals surface area contributed by atoms with Crippen LogP contribution >= 0.6 is 0 Å². The quantitative estimate of drug-likeness (QED) is 0.711. The minimum Gasteiger partial charge on any atom is -0.467 e. The van der Waals surface area contributed by atoms with Crippen LogP contribution in [0.5, 0.6) is 0 Å². The lowest BCUT2D eigenvalue weighted by atomic mass is 9.84. The predicted octanol–water partition coefficient (Wildman–Crippen LogP) is 3.57. The summed E-state index contributed by atoms with van der Waals surface area (Å²) in [5.41, 5.74) is 1.60. The van der Waals surface area contributed by atoms with Gasteiger partial charge < -0.3 is 19.6 Å². The highest BCUT2D eigenvalue weighted by molar-refractivity contribution is 5.98. The summed E-state index contributed by atoms with van der Waals surface area (Å²) in [5, 5.41) is 3.98. The third-order valence-electron chi connectivity index (χ3n) is 5.72. The summed E-state index contributed by atoms with van der Waals surface area (Å²) >= 11 is 0. The largest absolute Gasteiger partial charge is 0.467 e. The van der Waals surface area contributed by atoms with Gasteiger partial charge in [-0.2, -0.15) is 0 Å². The second-order valence-corrected chi connectivity index (χ2v) is 7.49. The van der Waals surface area contributed by atoms with Crippen LogP contribution in [0.4, 0.5) is 0 Å². The van der Waals surface area contributed by atoms with Crippen molar-refractivity contribution < 1.29 is 14.0 Å². The molecule has 0 spiro atoms. The van der Waals surface area contributed by atoms with Crippen molar-refractivity contribution in [2.24, 2.45) is 11.8 Å². The summed E-state index contributed by atoms with van der Waals surface area (Å²) in [7, 11) is 0. The molecular weight excluding hydrogens is 354 g/mol. The maximum Gasteiger partial charge on any atom is 0.270 e. The zero-order valence-corrected chi connectivity index (χ0v) is 16.0. The van der Waals surface area contributed by atoms with Crippen molar-refractivity contribution >= 4 is 22.7 Å². The fourth-order valence-electron chi connectivity index (χ4n) is 3.92. The second kappa shape index (κ2) is 7.92. The van der Waals surface area contributed by atoms with Gasteiger partial charge in [0.25, 0.3) is 5.91 Å². The van der Waals surface area contributed by atoms with E-state index in [1.807, 2.05) is 54.3 Å². The maximum atomic E-state index is 12.8. The number of hydrogen-bond donors (Lipinski definition) is 2. The lowest BCUT2D eigenvalue weighted by Crippen LogP contribution is -2.42. The average Bonchev–Trinajstić information content (AvgIpc) is 3.40. The molecule has 146 valence electrons. The maximum absolute atomic E-state index is 12.8. The number of aromatic amines is 1. The molecule has 1 aromatic carbocycles.